The summed E-state index contributed by atoms with van der Waals surface area (Å²) in [6.45, 7) is 0.666. The summed E-state index contributed by atoms with van der Waals surface area (Å²) in [4.78, 5) is 12.0. The van der Waals surface area contributed by atoms with Gasteiger partial charge in [-0.05, 0) is 48.8 Å². The molecule has 3 nitrogen and oxygen atoms in total. The van der Waals surface area contributed by atoms with Crippen molar-refractivity contribution in [2.24, 2.45) is 0 Å². The minimum atomic E-state index is -0.780. The zero-order chi connectivity index (χ0) is 16.3. The lowest BCUT2D eigenvalue weighted by Gasteiger charge is -2.10. The first-order valence-corrected chi connectivity index (χ1v) is 8.84. The van der Waals surface area contributed by atoms with Crippen LogP contribution < -0.4 is 4.74 Å². The number of thioether (sulfide) groups is 1. The van der Waals surface area contributed by atoms with Gasteiger partial charge in [-0.1, -0.05) is 36.4 Å². The zero-order valence-corrected chi connectivity index (χ0v) is 13.9. The standard InChI is InChI=1S/C19H22O3S/c20-19(21)13-12-16-8-4-5-11-18(16)22-14-6-7-15-23-17-9-2-1-3-10-17/h1-5,8-11H,6-7,12-15H2,(H,20,21). The molecule has 2 aromatic rings. The number of hydrogen-bond acceptors (Lipinski definition) is 3. The van der Waals surface area contributed by atoms with Crippen molar-refractivity contribution in [2.45, 2.75) is 30.6 Å². The zero-order valence-electron chi connectivity index (χ0n) is 13.1. The van der Waals surface area contributed by atoms with Crippen LogP contribution in [-0.4, -0.2) is 23.4 Å². The predicted octanol–water partition coefficient (Wildman–Crippen LogP) is 4.66. The Morgan fingerprint density at radius 2 is 1.74 bits per heavy atom. The maximum Gasteiger partial charge on any atom is 0.303 e. The first-order valence-electron chi connectivity index (χ1n) is 7.86. The van der Waals surface area contributed by atoms with Crippen molar-refractivity contribution in [3.8, 4) is 5.75 Å². The van der Waals surface area contributed by atoms with Crippen LogP contribution in [0.3, 0.4) is 0 Å². The van der Waals surface area contributed by atoms with E-state index in [9.17, 15) is 4.79 Å². The molecule has 0 radical (unpaired) electrons. The number of ether oxygens (including phenoxy) is 1. The molecule has 23 heavy (non-hydrogen) atoms. The third-order valence-corrected chi connectivity index (χ3v) is 4.49. The Bertz CT molecular complexity index is 599. The lowest BCUT2D eigenvalue weighted by molar-refractivity contribution is -0.136. The summed E-state index contributed by atoms with van der Waals surface area (Å²) in [6, 6.07) is 18.1. The Kier molecular flexibility index (Phi) is 7.54. The number of carboxylic acid groups (broad SMARTS) is 1. The molecule has 2 rings (SSSR count). The van der Waals surface area contributed by atoms with Gasteiger partial charge >= 0.3 is 5.97 Å². The van der Waals surface area contributed by atoms with Gasteiger partial charge < -0.3 is 9.84 Å². The number of aliphatic carboxylic acids is 1. The highest BCUT2D eigenvalue weighted by molar-refractivity contribution is 7.99. The Morgan fingerprint density at radius 3 is 2.52 bits per heavy atom. The van der Waals surface area contributed by atoms with Crippen molar-refractivity contribution in [3.05, 3.63) is 60.2 Å². The number of rotatable bonds is 10. The molecule has 2 aromatic carbocycles. The average Bonchev–Trinajstić information content (AvgIpc) is 2.58. The van der Waals surface area contributed by atoms with E-state index in [0.29, 0.717) is 13.0 Å². The second-order valence-corrected chi connectivity index (χ2v) is 6.39. The van der Waals surface area contributed by atoms with Gasteiger partial charge in [-0.3, -0.25) is 4.79 Å². The number of carboxylic acids is 1. The van der Waals surface area contributed by atoms with Crippen molar-refractivity contribution in [2.75, 3.05) is 12.4 Å². The highest BCUT2D eigenvalue weighted by Gasteiger charge is 2.05. The fourth-order valence-corrected chi connectivity index (χ4v) is 3.12. The summed E-state index contributed by atoms with van der Waals surface area (Å²) in [7, 11) is 0. The van der Waals surface area contributed by atoms with Gasteiger partial charge in [-0.15, -0.1) is 11.8 Å². The summed E-state index contributed by atoms with van der Waals surface area (Å²) in [6.07, 6.45) is 2.73. The van der Waals surface area contributed by atoms with Crippen molar-refractivity contribution in [1.82, 2.24) is 0 Å². The van der Waals surface area contributed by atoms with Gasteiger partial charge in [0.15, 0.2) is 0 Å². The predicted molar refractivity (Wildman–Crippen MR) is 94.3 cm³/mol. The summed E-state index contributed by atoms with van der Waals surface area (Å²) in [5.41, 5.74) is 0.966. The van der Waals surface area contributed by atoms with E-state index in [0.717, 1.165) is 29.9 Å². The van der Waals surface area contributed by atoms with Crippen LogP contribution in [0.4, 0.5) is 0 Å². The Hall–Kier alpha value is -1.94. The molecule has 0 heterocycles. The third kappa shape index (κ3) is 6.78. The van der Waals surface area contributed by atoms with Gasteiger partial charge in [-0.25, -0.2) is 0 Å². The van der Waals surface area contributed by atoms with Crippen LogP contribution in [0.1, 0.15) is 24.8 Å². The summed E-state index contributed by atoms with van der Waals surface area (Å²) >= 11 is 1.86. The number of para-hydroxylation sites is 1. The molecule has 0 bridgehead atoms. The molecule has 0 aromatic heterocycles. The molecule has 0 saturated heterocycles. The molecular weight excluding hydrogens is 308 g/mol. The van der Waals surface area contributed by atoms with Gasteiger partial charge in [0.1, 0.15) is 5.75 Å². The molecule has 0 spiro atoms. The van der Waals surface area contributed by atoms with Crippen molar-refractivity contribution in [3.63, 3.8) is 0 Å². The topological polar surface area (TPSA) is 46.5 Å². The number of carbonyl (C=O) groups is 1. The molecule has 0 aliphatic carbocycles. The van der Waals surface area contributed by atoms with Crippen LogP contribution in [0.25, 0.3) is 0 Å². The molecule has 0 amide bonds. The number of benzene rings is 2. The van der Waals surface area contributed by atoms with Gasteiger partial charge in [0.05, 0.1) is 6.61 Å². The van der Waals surface area contributed by atoms with Crippen LogP contribution in [-0.2, 0) is 11.2 Å². The van der Waals surface area contributed by atoms with E-state index in [1.165, 1.54) is 4.90 Å². The van der Waals surface area contributed by atoms with E-state index in [4.69, 9.17) is 9.84 Å². The molecular formula is C19H22O3S. The lowest BCUT2D eigenvalue weighted by atomic mass is 10.1. The van der Waals surface area contributed by atoms with E-state index < -0.39 is 5.97 Å². The molecule has 0 aliphatic rings. The van der Waals surface area contributed by atoms with Gasteiger partial charge in [-0.2, -0.15) is 0 Å². The number of unbranched alkanes of at least 4 members (excludes halogenated alkanes) is 1. The van der Waals surface area contributed by atoms with Crippen LogP contribution in [0, 0.1) is 0 Å². The number of aryl methyl sites for hydroxylation is 1. The van der Waals surface area contributed by atoms with Crippen LogP contribution in [0.15, 0.2) is 59.5 Å². The van der Waals surface area contributed by atoms with Crippen LogP contribution >= 0.6 is 11.8 Å². The lowest BCUT2D eigenvalue weighted by Crippen LogP contribution is -2.03. The normalized spacial score (nSPS) is 10.4. The summed E-state index contributed by atoms with van der Waals surface area (Å²) in [5, 5.41) is 8.79. The quantitative estimate of drug-likeness (QED) is 0.508. The molecule has 122 valence electrons. The Balaban J connectivity index is 1.67. The number of hydrogen-bond donors (Lipinski definition) is 1. The van der Waals surface area contributed by atoms with E-state index in [1.54, 1.807) is 0 Å². The van der Waals surface area contributed by atoms with Crippen molar-refractivity contribution >= 4 is 17.7 Å². The fraction of sp³-hybridized carbons (Fsp3) is 0.316. The third-order valence-electron chi connectivity index (χ3n) is 3.39. The fourth-order valence-electron chi connectivity index (χ4n) is 2.19. The highest BCUT2D eigenvalue weighted by Crippen LogP contribution is 2.21. The first-order chi connectivity index (χ1) is 11.3. The minimum Gasteiger partial charge on any atom is -0.493 e. The molecule has 4 heteroatoms. The first kappa shape index (κ1) is 17.4. The maximum absolute atomic E-state index is 10.7. The Labute approximate surface area is 141 Å². The van der Waals surface area contributed by atoms with Crippen molar-refractivity contribution in [1.29, 1.82) is 0 Å². The van der Waals surface area contributed by atoms with E-state index >= 15 is 0 Å². The van der Waals surface area contributed by atoms with Crippen LogP contribution in [0.2, 0.25) is 0 Å². The van der Waals surface area contributed by atoms with E-state index in [-0.39, 0.29) is 6.42 Å². The smallest absolute Gasteiger partial charge is 0.303 e. The molecule has 0 fully saturated rings. The molecule has 1 N–H and O–H groups in total. The Morgan fingerprint density at radius 1 is 1.00 bits per heavy atom. The van der Waals surface area contributed by atoms with Crippen molar-refractivity contribution < 1.29 is 14.6 Å². The second-order valence-electron chi connectivity index (χ2n) is 5.22. The summed E-state index contributed by atoms with van der Waals surface area (Å²) < 4.78 is 5.82. The van der Waals surface area contributed by atoms with Gasteiger partial charge in [0, 0.05) is 11.3 Å². The molecule has 0 aliphatic heterocycles. The highest BCUT2D eigenvalue weighted by atomic mass is 32.2. The molecule has 0 saturated carbocycles. The molecule has 0 unspecified atom stereocenters. The van der Waals surface area contributed by atoms with Gasteiger partial charge in [0.25, 0.3) is 0 Å². The monoisotopic (exact) mass is 330 g/mol. The summed E-state index contributed by atoms with van der Waals surface area (Å²) in [5.74, 6) is 1.11. The van der Waals surface area contributed by atoms with Gasteiger partial charge in [0.2, 0.25) is 0 Å². The van der Waals surface area contributed by atoms with E-state index in [2.05, 4.69) is 24.3 Å². The SMILES string of the molecule is O=C(O)CCc1ccccc1OCCCCSc1ccccc1. The second kappa shape index (κ2) is 9.95. The largest absolute Gasteiger partial charge is 0.493 e. The molecule has 0 atom stereocenters. The average molecular weight is 330 g/mol. The maximum atomic E-state index is 10.7. The van der Waals surface area contributed by atoms with E-state index in [1.807, 2.05) is 42.1 Å². The van der Waals surface area contributed by atoms with Crippen LogP contribution in [0.5, 0.6) is 5.75 Å². The minimum absolute atomic E-state index is 0.133.